The van der Waals surface area contributed by atoms with Gasteiger partial charge in [0.1, 0.15) is 12.1 Å². The highest BCUT2D eigenvalue weighted by atomic mass is 19.4. The van der Waals surface area contributed by atoms with E-state index in [0.29, 0.717) is 35.9 Å². The van der Waals surface area contributed by atoms with Crippen LogP contribution in [-0.2, 0) is 38.1 Å². The standard InChI is InChI=1S/C19H20F3N3O4/c1-11-12(4-3-5-13(11)19(20,21)22)9-23-17-16(18-28-6-7-29-18)14(24-10-25-17)8-15(26)27-2/h3-5,10,18H,6-9H2,1-2H3,(H,23,24,25). The molecule has 1 aliphatic heterocycles. The normalized spacial score (nSPS) is 14.8. The van der Waals surface area contributed by atoms with Crippen molar-refractivity contribution in [3.63, 3.8) is 0 Å². The van der Waals surface area contributed by atoms with Crippen molar-refractivity contribution in [1.29, 1.82) is 0 Å². The highest BCUT2D eigenvalue weighted by Gasteiger charge is 2.33. The fraction of sp³-hybridized carbons (Fsp3) is 0.421. The van der Waals surface area contributed by atoms with Crippen LogP contribution in [0.2, 0.25) is 0 Å². The number of rotatable bonds is 6. The highest BCUT2D eigenvalue weighted by molar-refractivity contribution is 5.73. The first-order valence-electron chi connectivity index (χ1n) is 8.84. The number of nitrogens with one attached hydrogen (secondary N) is 1. The number of halogens is 3. The Morgan fingerprint density at radius 3 is 2.66 bits per heavy atom. The van der Waals surface area contributed by atoms with Crippen molar-refractivity contribution in [2.24, 2.45) is 0 Å². The molecule has 0 unspecified atom stereocenters. The quantitative estimate of drug-likeness (QED) is 0.731. The molecule has 7 nitrogen and oxygen atoms in total. The second kappa shape index (κ2) is 8.75. The second-order valence-electron chi connectivity index (χ2n) is 6.35. The molecule has 0 aliphatic carbocycles. The lowest BCUT2D eigenvalue weighted by atomic mass is 10.0. The number of methoxy groups -OCH3 is 1. The average molecular weight is 411 g/mol. The number of anilines is 1. The first-order valence-corrected chi connectivity index (χ1v) is 8.84. The third-order valence-electron chi connectivity index (χ3n) is 4.56. The predicted octanol–water partition coefficient (Wildman–Crippen LogP) is 3.18. The molecule has 1 fully saturated rings. The monoisotopic (exact) mass is 411 g/mol. The van der Waals surface area contributed by atoms with Crippen molar-refractivity contribution in [2.75, 3.05) is 25.6 Å². The molecule has 0 spiro atoms. The molecule has 0 saturated carbocycles. The molecular weight excluding hydrogens is 391 g/mol. The SMILES string of the molecule is COC(=O)Cc1ncnc(NCc2cccc(C(F)(F)F)c2C)c1C1OCCO1. The Labute approximate surface area is 165 Å². The number of aromatic nitrogens is 2. The fourth-order valence-corrected chi connectivity index (χ4v) is 3.06. The summed E-state index contributed by atoms with van der Waals surface area (Å²) in [6, 6.07) is 4.01. The van der Waals surface area contributed by atoms with Crippen molar-refractivity contribution >= 4 is 11.8 Å². The lowest BCUT2D eigenvalue weighted by Crippen LogP contribution is -2.16. The molecule has 0 amide bonds. The molecule has 1 aromatic carbocycles. The van der Waals surface area contributed by atoms with Crippen LogP contribution in [0.25, 0.3) is 0 Å². The molecule has 2 heterocycles. The van der Waals surface area contributed by atoms with E-state index in [9.17, 15) is 18.0 Å². The molecule has 3 rings (SSSR count). The van der Waals surface area contributed by atoms with Gasteiger partial charge in [0.05, 0.1) is 43.6 Å². The van der Waals surface area contributed by atoms with Gasteiger partial charge in [0.15, 0.2) is 6.29 Å². The van der Waals surface area contributed by atoms with Crippen LogP contribution in [0.5, 0.6) is 0 Å². The predicted molar refractivity (Wildman–Crippen MR) is 95.9 cm³/mol. The lowest BCUT2D eigenvalue weighted by Gasteiger charge is -2.19. The number of esters is 1. The van der Waals surface area contributed by atoms with Gasteiger partial charge in [-0.25, -0.2) is 9.97 Å². The zero-order chi connectivity index (χ0) is 21.0. The number of nitrogens with zero attached hydrogens (tertiary/aromatic N) is 2. The molecule has 0 radical (unpaired) electrons. The van der Waals surface area contributed by atoms with Crippen LogP contribution >= 0.6 is 0 Å². The number of hydrogen-bond donors (Lipinski definition) is 1. The van der Waals surface area contributed by atoms with Gasteiger partial charge < -0.3 is 19.5 Å². The van der Waals surface area contributed by atoms with E-state index in [-0.39, 0.29) is 18.5 Å². The summed E-state index contributed by atoms with van der Waals surface area (Å²) in [5.74, 6) is -0.176. The lowest BCUT2D eigenvalue weighted by molar-refractivity contribution is -0.140. The maximum Gasteiger partial charge on any atom is 0.416 e. The maximum absolute atomic E-state index is 13.2. The summed E-state index contributed by atoms with van der Waals surface area (Å²) < 4.78 is 55.2. The van der Waals surface area contributed by atoms with Crippen LogP contribution in [0.15, 0.2) is 24.5 Å². The molecule has 1 aromatic heterocycles. The van der Waals surface area contributed by atoms with Gasteiger partial charge in [-0.05, 0) is 24.1 Å². The molecule has 1 aliphatic rings. The Kier molecular flexibility index (Phi) is 6.33. The Morgan fingerprint density at radius 1 is 1.28 bits per heavy atom. The van der Waals surface area contributed by atoms with E-state index in [0.717, 1.165) is 6.07 Å². The van der Waals surface area contributed by atoms with E-state index in [4.69, 9.17) is 14.2 Å². The number of hydrogen-bond acceptors (Lipinski definition) is 7. The van der Waals surface area contributed by atoms with Crippen LogP contribution in [0, 0.1) is 6.92 Å². The minimum atomic E-state index is -4.43. The van der Waals surface area contributed by atoms with Crippen molar-refractivity contribution in [1.82, 2.24) is 9.97 Å². The van der Waals surface area contributed by atoms with Crippen LogP contribution in [0.4, 0.5) is 19.0 Å². The summed E-state index contributed by atoms with van der Waals surface area (Å²) >= 11 is 0. The van der Waals surface area contributed by atoms with Gasteiger partial charge in [-0.2, -0.15) is 13.2 Å². The zero-order valence-corrected chi connectivity index (χ0v) is 15.9. The summed E-state index contributed by atoms with van der Waals surface area (Å²) in [4.78, 5) is 20.0. The number of alkyl halides is 3. The largest absolute Gasteiger partial charge is 0.469 e. The average Bonchev–Trinajstić information content (AvgIpc) is 3.20. The molecule has 2 aromatic rings. The molecule has 10 heteroatoms. The summed E-state index contributed by atoms with van der Waals surface area (Å²) in [7, 11) is 1.27. The van der Waals surface area contributed by atoms with E-state index in [1.54, 1.807) is 6.07 Å². The van der Waals surface area contributed by atoms with E-state index < -0.39 is 24.0 Å². The molecular formula is C19H20F3N3O4. The van der Waals surface area contributed by atoms with Gasteiger partial charge in [-0.3, -0.25) is 4.79 Å². The van der Waals surface area contributed by atoms with E-state index >= 15 is 0 Å². The number of carbonyl (C=O) groups excluding carboxylic acids is 1. The fourth-order valence-electron chi connectivity index (χ4n) is 3.06. The Balaban J connectivity index is 1.89. The van der Waals surface area contributed by atoms with Crippen molar-refractivity contribution in [2.45, 2.75) is 32.4 Å². The van der Waals surface area contributed by atoms with Gasteiger partial charge in [0.2, 0.25) is 0 Å². The second-order valence-corrected chi connectivity index (χ2v) is 6.35. The third-order valence-corrected chi connectivity index (χ3v) is 4.56. The summed E-state index contributed by atoms with van der Waals surface area (Å²) in [5.41, 5.74) is 0.703. The van der Waals surface area contributed by atoms with Gasteiger partial charge in [0.25, 0.3) is 0 Å². The topological polar surface area (TPSA) is 82.6 Å². The first kappa shape index (κ1) is 21.0. The zero-order valence-electron chi connectivity index (χ0n) is 15.9. The Hall–Kier alpha value is -2.72. The Morgan fingerprint density at radius 2 is 2.00 bits per heavy atom. The van der Waals surface area contributed by atoms with Gasteiger partial charge in [0, 0.05) is 6.54 Å². The van der Waals surface area contributed by atoms with Crippen LogP contribution in [0.3, 0.4) is 0 Å². The Bertz CT molecular complexity index is 883. The smallest absolute Gasteiger partial charge is 0.416 e. The van der Waals surface area contributed by atoms with Crippen LogP contribution < -0.4 is 5.32 Å². The summed E-state index contributed by atoms with van der Waals surface area (Å²) in [6.07, 6.45) is -4.06. The van der Waals surface area contributed by atoms with Crippen molar-refractivity contribution < 1.29 is 32.2 Å². The molecule has 1 N–H and O–H groups in total. The van der Waals surface area contributed by atoms with Crippen LogP contribution in [0.1, 0.15) is 34.2 Å². The maximum atomic E-state index is 13.2. The van der Waals surface area contributed by atoms with Gasteiger partial charge in [-0.1, -0.05) is 12.1 Å². The number of carbonyl (C=O) groups is 1. The van der Waals surface area contributed by atoms with Gasteiger partial charge in [-0.15, -0.1) is 0 Å². The summed E-state index contributed by atoms with van der Waals surface area (Å²) in [6.45, 7) is 2.24. The molecule has 1 saturated heterocycles. The van der Waals surface area contributed by atoms with Crippen LogP contribution in [-0.4, -0.2) is 36.3 Å². The molecule has 156 valence electrons. The van der Waals surface area contributed by atoms with Crippen molar-refractivity contribution in [3.05, 3.63) is 52.5 Å². The van der Waals surface area contributed by atoms with E-state index in [1.165, 1.54) is 26.4 Å². The van der Waals surface area contributed by atoms with Gasteiger partial charge >= 0.3 is 12.1 Å². The summed E-state index contributed by atoms with van der Waals surface area (Å²) in [5, 5.41) is 3.03. The molecule has 0 atom stereocenters. The number of ether oxygens (including phenoxy) is 3. The molecule has 29 heavy (non-hydrogen) atoms. The number of benzene rings is 1. The van der Waals surface area contributed by atoms with Crippen molar-refractivity contribution in [3.8, 4) is 0 Å². The minimum Gasteiger partial charge on any atom is -0.469 e. The van der Waals surface area contributed by atoms with E-state index in [2.05, 4.69) is 15.3 Å². The third kappa shape index (κ3) is 4.83. The minimum absolute atomic E-state index is 0.0875. The molecule has 0 bridgehead atoms. The first-order chi connectivity index (χ1) is 13.8. The van der Waals surface area contributed by atoms with E-state index in [1.807, 2.05) is 0 Å². The highest BCUT2D eigenvalue weighted by Crippen LogP contribution is 2.34.